The third-order valence-corrected chi connectivity index (χ3v) is 4.17. The van der Waals surface area contributed by atoms with Gasteiger partial charge >= 0.3 is 0 Å². The number of anilines is 1. The van der Waals surface area contributed by atoms with Gasteiger partial charge in [0.25, 0.3) is 0 Å². The van der Waals surface area contributed by atoms with Gasteiger partial charge in [-0.05, 0) is 12.0 Å². The largest absolute Gasteiger partial charge is 0.344 e. The lowest BCUT2D eigenvalue weighted by Gasteiger charge is -2.16. The van der Waals surface area contributed by atoms with Crippen LogP contribution in [0.15, 0.2) is 66.7 Å². The summed E-state index contributed by atoms with van der Waals surface area (Å²) < 4.78 is 0. The number of aromatic amines is 1. The molecule has 6 heteroatoms. The van der Waals surface area contributed by atoms with Gasteiger partial charge in [0, 0.05) is 11.6 Å². The zero-order valence-corrected chi connectivity index (χ0v) is 15.1. The predicted octanol–water partition coefficient (Wildman–Crippen LogP) is 3.15. The molecule has 3 aromatic rings. The number of carbonyl (C=O) groups is 2. The van der Waals surface area contributed by atoms with E-state index in [1.165, 1.54) is 0 Å². The number of rotatable bonds is 7. The number of benzene rings is 2. The van der Waals surface area contributed by atoms with Crippen molar-refractivity contribution >= 4 is 17.6 Å². The summed E-state index contributed by atoms with van der Waals surface area (Å²) in [6, 6.07) is 20.3. The highest BCUT2D eigenvalue weighted by Crippen LogP contribution is 2.19. The smallest absolute Gasteiger partial charge is 0.248 e. The second kappa shape index (κ2) is 8.80. The van der Waals surface area contributed by atoms with Crippen LogP contribution in [0.3, 0.4) is 0 Å². The molecule has 0 aliphatic heterocycles. The van der Waals surface area contributed by atoms with Gasteiger partial charge in [0.15, 0.2) is 0 Å². The fourth-order valence-corrected chi connectivity index (χ4v) is 2.74. The van der Waals surface area contributed by atoms with Crippen molar-refractivity contribution in [3.8, 4) is 11.3 Å². The molecular formula is C21H22N4O2. The van der Waals surface area contributed by atoms with Crippen molar-refractivity contribution in [3.05, 3.63) is 72.3 Å². The number of nitrogens with zero attached hydrogens (tertiary/aromatic N) is 1. The molecule has 0 radical (unpaired) electrons. The van der Waals surface area contributed by atoms with E-state index in [0.29, 0.717) is 12.2 Å². The van der Waals surface area contributed by atoms with Crippen molar-refractivity contribution in [2.45, 2.75) is 25.8 Å². The monoisotopic (exact) mass is 362 g/mol. The van der Waals surface area contributed by atoms with Gasteiger partial charge in [-0.25, -0.2) is 0 Å². The Bertz CT molecular complexity index is 891. The predicted molar refractivity (Wildman–Crippen MR) is 105 cm³/mol. The molecule has 6 nitrogen and oxygen atoms in total. The van der Waals surface area contributed by atoms with Crippen LogP contribution in [-0.4, -0.2) is 28.1 Å². The van der Waals surface area contributed by atoms with Gasteiger partial charge in [-0.3, -0.25) is 14.7 Å². The van der Waals surface area contributed by atoms with Crippen LogP contribution in [0.25, 0.3) is 11.3 Å². The van der Waals surface area contributed by atoms with Gasteiger partial charge in [0.2, 0.25) is 11.8 Å². The Morgan fingerprint density at radius 1 is 1.04 bits per heavy atom. The number of carbonyl (C=O) groups excluding carboxylic acids is 2. The first-order valence-corrected chi connectivity index (χ1v) is 8.90. The lowest BCUT2D eigenvalue weighted by molar-refractivity contribution is -0.126. The van der Waals surface area contributed by atoms with E-state index in [1.807, 2.05) is 67.6 Å². The van der Waals surface area contributed by atoms with Crippen molar-refractivity contribution in [2.75, 3.05) is 5.32 Å². The summed E-state index contributed by atoms with van der Waals surface area (Å²) in [6.07, 6.45) is 0.735. The fourth-order valence-electron chi connectivity index (χ4n) is 2.74. The lowest BCUT2D eigenvalue weighted by atomic mass is 10.1. The summed E-state index contributed by atoms with van der Waals surface area (Å²) >= 11 is 0. The average molecular weight is 362 g/mol. The minimum atomic E-state index is -0.607. The fraction of sp³-hybridized carbons (Fsp3) is 0.190. The Morgan fingerprint density at radius 3 is 2.37 bits per heavy atom. The normalized spacial score (nSPS) is 11.6. The summed E-state index contributed by atoms with van der Waals surface area (Å²) in [5, 5.41) is 12.6. The Hall–Kier alpha value is -3.41. The van der Waals surface area contributed by atoms with E-state index in [-0.39, 0.29) is 18.2 Å². The van der Waals surface area contributed by atoms with Gasteiger partial charge in [0.05, 0.1) is 12.1 Å². The molecule has 1 heterocycles. The van der Waals surface area contributed by atoms with E-state index < -0.39 is 6.04 Å². The molecule has 0 spiro atoms. The number of nitrogens with one attached hydrogen (secondary N) is 3. The topological polar surface area (TPSA) is 86.9 Å². The first kappa shape index (κ1) is 18.4. The van der Waals surface area contributed by atoms with E-state index >= 15 is 0 Å². The molecule has 0 saturated carbocycles. The lowest BCUT2D eigenvalue weighted by Crippen LogP contribution is -2.44. The summed E-state index contributed by atoms with van der Waals surface area (Å²) in [5.74, 6) is 0.0366. The van der Waals surface area contributed by atoms with Crippen LogP contribution < -0.4 is 10.6 Å². The zero-order chi connectivity index (χ0) is 19.1. The van der Waals surface area contributed by atoms with Gasteiger partial charge < -0.3 is 10.6 Å². The molecule has 3 rings (SSSR count). The molecule has 0 fully saturated rings. The van der Waals surface area contributed by atoms with Gasteiger partial charge in [-0.1, -0.05) is 67.6 Å². The molecule has 138 valence electrons. The van der Waals surface area contributed by atoms with Crippen LogP contribution in [0.2, 0.25) is 0 Å². The van der Waals surface area contributed by atoms with Crippen LogP contribution >= 0.6 is 0 Å². The molecule has 1 aromatic heterocycles. The molecule has 27 heavy (non-hydrogen) atoms. The van der Waals surface area contributed by atoms with Gasteiger partial charge in [0.1, 0.15) is 11.9 Å². The molecule has 2 aromatic carbocycles. The Kier molecular flexibility index (Phi) is 5.99. The summed E-state index contributed by atoms with van der Waals surface area (Å²) in [4.78, 5) is 24.7. The number of aromatic nitrogens is 2. The molecule has 1 unspecified atom stereocenters. The van der Waals surface area contributed by atoms with Crippen molar-refractivity contribution in [1.82, 2.24) is 15.5 Å². The van der Waals surface area contributed by atoms with Crippen LogP contribution in [-0.2, 0) is 16.0 Å². The van der Waals surface area contributed by atoms with E-state index in [0.717, 1.165) is 16.8 Å². The van der Waals surface area contributed by atoms with E-state index in [4.69, 9.17) is 0 Å². The molecule has 0 bridgehead atoms. The van der Waals surface area contributed by atoms with E-state index in [9.17, 15) is 9.59 Å². The minimum Gasteiger partial charge on any atom is -0.344 e. The molecule has 0 aliphatic rings. The first-order chi connectivity index (χ1) is 13.2. The van der Waals surface area contributed by atoms with E-state index in [1.54, 1.807) is 6.07 Å². The van der Waals surface area contributed by atoms with Crippen LogP contribution in [0, 0.1) is 0 Å². The van der Waals surface area contributed by atoms with Crippen LogP contribution in [0.1, 0.15) is 18.9 Å². The van der Waals surface area contributed by atoms with Crippen molar-refractivity contribution < 1.29 is 9.59 Å². The summed E-state index contributed by atoms with van der Waals surface area (Å²) in [5.41, 5.74) is 2.61. The Balaban J connectivity index is 1.59. The maximum atomic E-state index is 12.5. The van der Waals surface area contributed by atoms with Crippen molar-refractivity contribution in [1.29, 1.82) is 0 Å². The van der Waals surface area contributed by atoms with Crippen molar-refractivity contribution in [3.63, 3.8) is 0 Å². The SMILES string of the molecule is CCC(NC(=O)Cc1ccccc1)C(=O)Nc1cc(-c2ccccc2)n[nH]1. The third-order valence-electron chi connectivity index (χ3n) is 4.17. The number of hydrogen-bond acceptors (Lipinski definition) is 3. The van der Waals surface area contributed by atoms with Crippen LogP contribution in [0.5, 0.6) is 0 Å². The maximum absolute atomic E-state index is 12.5. The van der Waals surface area contributed by atoms with Crippen molar-refractivity contribution in [2.24, 2.45) is 0 Å². The number of hydrogen-bond donors (Lipinski definition) is 3. The Morgan fingerprint density at radius 2 is 1.70 bits per heavy atom. The molecule has 0 aliphatic carbocycles. The second-order valence-electron chi connectivity index (χ2n) is 6.21. The summed E-state index contributed by atoms with van der Waals surface area (Å²) in [7, 11) is 0. The molecule has 3 N–H and O–H groups in total. The number of H-pyrrole nitrogens is 1. The zero-order valence-electron chi connectivity index (χ0n) is 15.1. The third kappa shape index (κ3) is 5.04. The standard InChI is InChI=1S/C21H22N4O2/c1-2-17(22-20(26)13-15-9-5-3-6-10-15)21(27)23-19-14-18(24-25-19)16-11-7-4-8-12-16/h3-12,14,17H,2,13H2,1H3,(H,22,26)(H2,23,24,25,27). The highest BCUT2D eigenvalue weighted by molar-refractivity contribution is 5.97. The number of amides is 2. The highest BCUT2D eigenvalue weighted by atomic mass is 16.2. The molecule has 1 atom stereocenters. The average Bonchev–Trinajstić information content (AvgIpc) is 3.16. The first-order valence-electron chi connectivity index (χ1n) is 8.90. The second-order valence-corrected chi connectivity index (χ2v) is 6.21. The summed E-state index contributed by atoms with van der Waals surface area (Å²) in [6.45, 7) is 1.86. The van der Waals surface area contributed by atoms with E-state index in [2.05, 4.69) is 20.8 Å². The van der Waals surface area contributed by atoms with Gasteiger partial charge in [-0.15, -0.1) is 0 Å². The quantitative estimate of drug-likeness (QED) is 0.603. The minimum absolute atomic E-state index is 0.183. The molecular weight excluding hydrogens is 340 g/mol. The molecule has 2 amide bonds. The van der Waals surface area contributed by atoms with Crippen LogP contribution in [0.4, 0.5) is 5.82 Å². The maximum Gasteiger partial charge on any atom is 0.248 e. The Labute approximate surface area is 158 Å². The highest BCUT2D eigenvalue weighted by Gasteiger charge is 2.20. The van der Waals surface area contributed by atoms with Gasteiger partial charge in [-0.2, -0.15) is 5.10 Å². The molecule has 0 saturated heterocycles.